The van der Waals surface area contributed by atoms with Gasteiger partial charge in [-0.15, -0.1) is 0 Å². The minimum Gasteiger partial charge on any atom is -0.365 e. The molecule has 158 valence electrons. The second kappa shape index (κ2) is 8.27. The molecule has 3 heterocycles. The number of morpholine rings is 1. The Balaban J connectivity index is 1.40. The van der Waals surface area contributed by atoms with Gasteiger partial charge in [-0.2, -0.15) is 18.2 Å². The molecule has 0 saturated carbocycles. The molecule has 8 nitrogen and oxygen atoms in total. The van der Waals surface area contributed by atoms with Crippen LogP contribution in [-0.2, 0) is 28.7 Å². The van der Waals surface area contributed by atoms with Crippen molar-refractivity contribution in [2.45, 2.75) is 25.2 Å². The third kappa shape index (κ3) is 4.67. The maximum atomic E-state index is 12.9. The van der Waals surface area contributed by atoms with E-state index >= 15 is 0 Å². The van der Waals surface area contributed by atoms with Gasteiger partial charge < -0.3 is 18.7 Å². The number of rotatable bonds is 5. The Morgan fingerprint density at radius 2 is 2.17 bits per heavy atom. The van der Waals surface area contributed by atoms with Gasteiger partial charge in [-0.25, -0.2) is 4.98 Å². The number of halogens is 3. The van der Waals surface area contributed by atoms with Gasteiger partial charge in [0.05, 0.1) is 25.0 Å². The molecular formula is C19H18F3N5O3. The maximum Gasteiger partial charge on any atom is 0.416 e. The minimum atomic E-state index is -4.42. The zero-order chi connectivity index (χ0) is 21.1. The smallest absolute Gasteiger partial charge is 0.365 e. The Bertz CT molecular complexity index is 1000. The van der Waals surface area contributed by atoms with Crippen LogP contribution in [0.15, 0.2) is 47.5 Å². The average Bonchev–Trinajstić information content (AvgIpc) is 3.40. The number of amides is 1. The number of hydrogen-bond donors (Lipinski definition) is 0. The zero-order valence-corrected chi connectivity index (χ0v) is 15.7. The van der Waals surface area contributed by atoms with E-state index in [1.54, 1.807) is 34.3 Å². The first kappa shape index (κ1) is 20.1. The van der Waals surface area contributed by atoms with Crippen molar-refractivity contribution in [3.8, 4) is 0 Å². The molecular weight excluding hydrogens is 403 g/mol. The second-order valence-electron chi connectivity index (χ2n) is 6.86. The largest absolute Gasteiger partial charge is 0.416 e. The van der Waals surface area contributed by atoms with Crippen LogP contribution in [0, 0.1) is 0 Å². The first-order chi connectivity index (χ1) is 14.4. The molecule has 0 spiro atoms. The predicted molar refractivity (Wildman–Crippen MR) is 96.0 cm³/mol. The van der Waals surface area contributed by atoms with Crippen LogP contribution in [0.3, 0.4) is 0 Å². The highest BCUT2D eigenvalue weighted by Gasteiger charge is 2.31. The van der Waals surface area contributed by atoms with Crippen LogP contribution in [-0.4, -0.2) is 50.2 Å². The van der Waals surface area contributed by atoms with Crippen molar-refractivity contribution in [1.82, 2.24) is 24.6 Å². The van der Waals surface area contributed by atoms with Gasteiger partial charge >= 0.3 is 6.18 Å². The highest BCUT2D eigenvalue weighted by molar-refractivity contribution is 5.76. The lowest BCUT2D eigenvalue weighted by Crippen LogP contribution is -2.43. The molecule has 1 aliphatic heterocycles. The van der Waals surface area contributed by atoms with Gasteiger partial charge in [0, 0.05) is 25.4 Å². The van der Waals surface area contributed by atoms with Crippen molar-refractivity contribution >= 4 is 5.91 Å². The summed E-state index contributed by atoms with van der Waals surface area (Å²) in [5.74, 6) is 0.344. The summed E-state index contributed by atoms with van der Waals surface area (Å²) in [5.41, 5.74) is -0.315. The van der Waals surface area contributed by atoms with E-state index in [1.165, 1.54) is 6.07 Å². The van der Waals surface area contributed by atoms with Crippen molar-refractivity contribution in [2.24, 2.45) is 0 Å². The standard InChI is InChI=1S/C19H18F3N5O3/c20-19(21,22)14-3-1-2-13(8-14)9-16-24-18(30-25-16)15-10-27(6-7-29-15)17(28)11-26-5-4-23-12-26/h1-5,8,12,15H,6-7,9-11H2/t15-/m1/s1. The molecule has 3 aromatic rings. The summed E-state index contributed by atoms with van der Waals surface area (Å²) in [6.07, 6.45) is -0.0558. The van der Waals surface area contributed by atoms with Crippen molar-refractivity contribution in [3.63, 3.8) is 0 Å². The lowest BCUT2D eigenvalue weighted by atomic mass is 10.1. The highest BCUT2D eigenvalue weighted by atomic mass is 19.4. The minimum absolute atomic E-state index is 0.0867. The number of aromatic nitrogens is 4. The molecule has 1 saturated heterocycles. The van der Waals surface area contributed by atoms with Crippen LogP contribution in [0.1, 0.15) is 28.9 Å². The van der Waals surface area contributed by atoms with Crippen molar-refractivity contribution in [1.29, 1.82) is 0 Å². The van der Waals surface area contributed by atoms with Crippen molar-refractivity contribution < 1.29 is 27.2 Å². The van der Waals surface area contributed by atoms with Crippen LogP contribution in [0.5, 0.6) is 0 Å². The number of alkyl halides is 3. The molecule has 1 aliphatic rings. The number of benzene rings is 1. The Kier molecular flexibility index (Phi) is 5.53. The number of hydrogen-bond acceptors (Lipinski definition) is 6. The van der Waals surface area contributed by atoms with Crippen molar-refractivity contribution in [3.05, 3.63) is 65.8 Å². The van der Waals surface area contributed by atoms with Gasteiger partial charge in [0.25, 0.3) is 5.89 Å². The molecule has 30 heavy (non-hydrogen) atoms. The summed E-state index contributed by atoms with van der Waals surface area (Å²) in [4.78, 5) is 22.3. The third-order valence-corrected chi connectivity index (χ3v) is 4.67. The third-order valence-electron chi connectivity index (χ3n) is 4.67. The number of carbonyl (C=O) groups is 1. The SMILES string of the molecule is O=C(Cn1ccnc1)N1CCO[C@@H](c2nc(Cc3cccc(C(F)(F)F)c3)no2)C1. The van der Waals surface area contributed by atoms with Gasteiger partial charge in [-0.3, -0.25) is 4.79 Å². The van der Waals surface area contributed by atoms with Gasteiger partial charge in [0.1, 0.15) is 6.54 Å². The molecule has 1 amide bonds. The van der Waals surface area contributed by atoms with E-state index in [1.807, 2.05) is 0 Å². The first-order valence-electron chi connectivity index (χ1n) is 9.22. The Hall–Kier alpha value is -3.21. The number of nitrogens with zero attached hydrogens (tertiary/aromatic N) is 5. The maximum absolute atomic E-state index is 12.9. The quantitative estimate of drug-likeness (QED) is 0.629. The van der Waals surface area contributed by atoms with E-state index in [9.17, 15) is 18.0 Å². The van der Waals surface area contributed by atoms with Crippen LogP contribution in [0.2, 0.25) is 0 Å². The van der Waals surface area contributed by atoms with E-state index in [0.717, 1.165) is 12.1 Å². The van der Waals surface area contributed by atoms with Gasteiger partial charge in [0.2, 0.25) is 5.91 Å². The molecule has 0 radical (unpaired) electrons. The molecule has 1 atom stereocenters. The molecule has 0 unspecified atom stereocenters. The van der Waals surface area contributed by atoms with Crippen LogP contribution in [0.25, 0.3) is 0 Å². The van der Waals surface area contributed by atoms with Gasteiger partial charge in [-0.1, -0.05) is 23.4 Å². The lowest BCUT2D eigenvalue weighted by molar-refractivity contribution is -0.140. The van der Waals surface area contributed by atoms with Crippen LogP contribution in [0.4, 0.5) is 13.2 Å². The van der Waals surface area contributed by atoms with E-state index in [4.69, 9.17) is 9.26 Å². The van der Waals surface area contributed by atoms with Crippen LogP contribution < -0.4 is 0 Å². The lowest BCUT2D eigenvalue weighted by Gasteiger charge is -2.31. The Labute approximate surface area is 169 Å². The molecule has 1 fully saturated rings. The summed E-state index contributed by atoms with van der Waals surface area (Å²) in [6.45, 7) is 1.16. The Morgan fingerprint density at radius 3 is 2.93 bits per heavy atom. The first-order valence-corrected chi connectivity index (χ1v) is 9.22. The molecule has 0 bridgehead atoms. The predicted octanol–water partition coefficient (Wildman–Crippen LogP) is 2.48. The van der Waals surface area contributed by atoms with Gasteiger partial charge in [0.15, 0.2) is 11.9 Å². The molecule has 2 aromatic heterocycles. The highest BCUT2D eigenvalue weighted by Crippen LogP contribution is 2.30. The van der Waals surface area contributed by atoms with Crippen molar-refractivity contribution in [2.75, 3.05) is 19.7 Å². The number of ether oxygens (including phenoxy) is 1. The summed E-state index contributed by atoms with van der Waals surface area (Å²) in [7, 11) is 0. The molecule has 11 heteroatoms. The summed E-state index contributed by atoms with van der Waals surface area (Å²) in [5, 5.41) is 3.85. The van der Waals surface area contributed by atoms with E-state index in [2.05, 4.69) is 15.1 Å². The monoisotopic (exact) mass is 421 g/mol. The number of imidazole rings is 1. The molecule has 0 aliphatic carbocycles. The second-order valence-corrected chi connectivity index (χ2v) is 6.86. The summed E-state index contributed by atoms with van der Waals surface area (Å²) >= 11 is 0. The van der Waals surface area contributed by atoms with E-state index < -0.39 is 17.8 Å². The fourth-order valence-electron chi connectivity index (χ4n) is 3.17. The fourth-order valence-corrected chi connectivity index (χ4v) is 3.17. The Morgan fingerprint density at radius 1 is 1.30 bits per heavy atom. The summed E-state index contributed by atoms with van der Waals surface area (Å²) < 4.78 is 51.2. The molecule has 1 aromatic carbocycles. The molecule has 0 N–H and O–H groups in total. The van der Waals surface area contributed by atoms with E-state index in [-0.39, 0.29) is 37.1 Å². The molecule has 4 rings (SSSR count). The number of carbonyl (C=O) groups excluding carboxylic acids is 1. The fraction of sp³-hybridized carbons (Fsp3) is 0.368. The normalized spacial score (nSPS) is 17.3. The van der Waals surface area contributed by atoms with Crippen LogP contribution >= 0.6 is 0 Å². The average molecular weight is 421 g/mol. The van der Waals surface area contributed by atoms with Gasteiger partial charge in [-0.05, 0) is 11.6 Å². The zero-order valence-electron chi connectivity index (χ0n) is 15.7. The summed E-state index contributed by atoms with van der Waals surface area (Å²) in [6, 6.07) is 4.98. The topological polar surface area (TPSA) is 86.3 Å². The van der Waals surface area contributed by atoms with E-state index in [0.29, 0.717) is 18.7 Å².